The number of sulfonamides is 1. The maximum Gasteiger partial charge on any atom is 0.264 e. The molecule has 7 nitrogen and oxygen atoms in total. The van der Waals surface area contributed by atoms with Crippen LogP contribution >= 0.6 is 23.2 Å². The molecule has 0 bridgehead atoms. The summed E-state index contributed by atoms with van der Waals surface area (Å²) in [4.78, 5) is 28.8. The molecule has 10 heteroatoms. The summed E-state index contributed by atoms with van der Waals surface area (Å²) in [7, 11) is -4.20. The molecule has 0 saturated carbocycles. The van der Waals surface area contributed by atoms with Crippen molar-refractivity contribution in [2.45, 2.75) is 51.6 Å². The molecule has 0 aliphatic carbocycles. The van der Waals surface area contributed by atoms with Crippen LogP contribution in [0.3, 0.4) is 0 Å². The highest BCUT2D eigenvalue weighted by atomic mass is 35.5. The quantitative estimate of drug-likeness (QED) is 0.272. The highest BCUT2D eigenvalue weighted by Crippen LogP contribution is 2.30. The summed E-state index contributed by atoms with van der Waals surface area (Å²) >= 11 is 12.5. The Labute approximate surface area is 247 Å². The summed E-state index contributed by atoms with van der Waals surface area (Å²) in [6.07, 6.45) is 0.343. The van der Waals surface area contributed by atoms with Gasteiger partial charge < -0.3 is 10.2 Å². The standard InChI is InChI=1S/C30H35Cl2N3O4S/c1-5-28(30(37)33-18-21(2)3)34(19-23-11-9-10-22(4)14-23)29(36)20-35(26-16-24(31)15-25(32)17-26)40(38,39)27-12-7-6-8-13-27/h6-17,21,28H,5,18-20H2,1-4H3,(H,33,37)/t28-/m1/s1. The first-order valence-electron chi connectivity index (χ1n) is 13.1. The molecule has 40 heavy (non-hydrogen) atoms. The molecule has 0 unspecified atom stereocenters. The van der Waals surface area contributed by atoms with Crippen molar-refractivity contribution in [3.8, 4) is 0 Å². The average Bonchev–Trinajstić information content (AvgIpc) is 2.90. The van der Waals surface area contributed by atoms with Gasteiger partial charge in [0.2, 0.25) is 11.8 Å². The zero-order chi connectivity index (χ0) is 29.4. The Morgan fingerprint density at radius 2 is 1.57 bits per heavy atom. The number of nitrogens with one attached hydrogen (secondary N) is 1. The first-order chi connectivity index (χ1) is 18.9. The summed E-state index contributed by atoms with van der Waals surface area (Å²) in [6.45, 7) is 7.76. The van der Waals surface area contributed by atoms with E-state index in [1.54, 1.807) is 18.2 Å². The van der Waals surface area contributed by atoms with Crippen LogP contribution in [0.15, 0.2) is 77.7 Å². The van der Waals surface area contributed by atoms with Crippen molar-refractivity contribution in [1.29, 1.82) is 0 Å². The number of rotatable bonds is 12. The van der Waals surface area contributed by atoms with Crippen LogP contribution in [0.1, 0.15) is 38.3 Å². The number of hydrogen-bond acceptors (Lipinski definition) is 4. The molecule has 3 rings (SSSR count). The number of nitrogens with zero attached hydrogens (tertiary/aromatic N) is 2. The van der Waals surface area contributed by atoms with Gasteiger partial charge in [-0.1, -0.05) is 92.0 Å². The van der Waals surface area contributed by atoms with Crippen LogP contribution in [0.2, 0.25) is 10.0 Å². The van der Waals surface area contributed by atoms with Crippen molar-refractivity contribution < 1.29 is 18.0 Å². The molecule has 0 aromatic heterocycles. The maximum absolute atomic E-state index is 14.1. The number of aryl methyl sites for hydroxylation is 1. The lowest BCUT2D eigenvalue weighted by Crippen LogP contribution is -2.52. The lowest BCUT2D eigenvalue weighted by atomic mass is 10.1. The van der Waals surface area contributed by atoms with E-state index in [9.17, 15) is 18.0 Å². The van der Waals surface area contributed by atoms with Gasteiger partial charge in [0.05, 0.1) is 10.6 Å². The van der Waals surface area contributed by atoms with Crippen LogP contribution in [-0.4, -0.2) is 44.3 Å². The van der Waals surface area contributed by atoms with E-state index in [0.717, 1.165) is 15.4 Å². The molecule has 0 spiro atoms. The predicted octanol–water partition coefficient (Wildman–Crippen LogP) is 6.08. The molecule has 0 aliphatic rings. The molecule has 1 atom stereocenters. The Hall–Kier alpha value is -3.07. The third-order valence-corrected chi connectivity index (χ3v) is 8.48. The van der Waals surface area contributed by atoms with Gasteiger partial charge >= 0.3 is 0 Å². The zero-order valence-electron chi connectivity index (χ0n) is 23.1. The molecular weight excluding hydrogens is 569 g/mol. The monoisotopic (exact) mass is 603 g/mol. The fraction of sp³-hybridized carbons (Fsp3) is 0.333. The molecule has 0 fully saturated rings. The van der Waals surface area contributed by atoms with Crippen LogP contribution in [0.4, 0.5) is 5.69 Å². The molecule has 2 amide bonds. The molecule has 1 N–H and O–H groups in total. The SMILES string of the molecule is CC[C@H](C(=O)NCC(C)C)N(Cc1cccc(C)c1)C(=O)CN(c1cc(Cl)cc(Cl)c1)S(=O)(=O)c1ccccc1. The van der Waals surface area contributed by atoms with Gasteiger partial charge in [-0.3, -0.25) is 13.9 Å². The van der Waals surface area contributed by atoms with Crippen molar-refractivity contribution in [1.82, 2.24) is 10.2 Å². The van der Waals surface area contributed by atoms with Gasteiger partial charge in [-0.2, -0.15) is 0 Å². The lowest BCUT2D eigenvalue weighted by molar-refractivity contribution is -0.140. The van der Waals surface area contributed by atoms with Crippen molar-refractivity contribution in [3.63, 3.8) is 0 Å². The van der Waals surface area contributed by atoms with Gasteiger partial charge in [0, 0.05) is 23.1 Å². The normalized spacial score (nSPS) is 12.2. The van der Waals surface area contributed by atoms with E-state index in [4.69, 9.17) is 23.2 Å². The largest absolute Gasteiger partial charge is 0.354 e. The van der Waals surface area contributed by atoms with Gasteiger partial charge in [-0.15, -0.1) is 0 Å². The maximum atomic E-state index is 14.1. The lowest BCUT2D eigenvalue weighted by Gasteiger charge is -2.33. The summed E-state index contributed by atoms with van der Waals surface area (Å²) in [6, 6.07) is 19.0. The van der Waals surface area contributed by atoms with Crippen LogP contribution in [0, 0.1) is 12.8 Å². The number of carbonyl (C=O) groups is 2. The number of benzene rings is 3. The van der Waals surface area contributed by atoms with Crippen LogP contribution in [-0.2, 0) is 26.2 Å². The molecule has 214 valence electrons. The predicted molar refractivity (Wildman–Crippen MR) is 161 cm³/mol. The number of amides is 2. The van der Waals surface area contributed by atoms with Gasteiger partial charge in [0.25, 0.3) is 10.0 Å². The summed E-state index contributed by atoms with van der Waals surface area (Å²) < 4.78 is 28.7. The number of hydrogen-bond donors (Lipinski definition) is 1. The minimum absolute atomic E-state index is 0.00542. The van der Waals surface area contributed by atoms with Crippen LogP contribution in [0.5, 0.6) is 0 Å². The molecule has 3 aromatic rings. The van der Waals surface area contributed by atoms with Crippen LogP contribution in [0.25, 0.3) is 0 Å². The van der Waals surface area contributed by atoms with Gasteiger partial charge in [0.15, 0.2) is 0 Å². The first kappa shape index (κ1) is 31.5. The highest BCUT2D eigenvalue weighted by molar-refractivity contribution is 7.92. The number of halogens is 2. The van der Waals surface area contributed by atoms with Gasteiger partial charge in [-0.05, 0) is 55.2 Å². The second kappa shape index (κ2) is 14.0. The van der Waals surface area contributed by atoms with E-state index < -0.39 is 28.5 Å². The average molecular weight is 605 g/mol. The van der Waals surface area contributed by atoms with Crippen molar-refractivity contribution >= 4 is 50.7 Å². The minimum Gasteiger partial charge on any atom is -0.354 e. The van der Waals surface area contributed by atoms with Crippen molar-refractivity contribution in [2.75, 3.05) is 17.4 Å². The first-order valence-corrected chi connectivity index (χ1v) is 15.3. The van der Waals surface area contributed by atoms with Gasteiger partial charge in [0.1, 0.15) is 12.6 Å². The number of carbonyl (C=O) groups excluding carboxylic acids is 2. The van der Waals surface area contributed by atoms with E-state index in [-0.39, 0.29) is 39.0 Å². The molecule has 0 aliphatic heterocycles. The summed E-state index contributed by atoms with van der Waals surface area (Å²) in [5.74, 6) is -0.606. The van der Waals surface area contributed by atoms with E-state index in [1.807, 2.05) is 52.0 Å². The summed E-state index contributed by atoms with van der Waals surface area (Å²) in [5.41, 5.74) is 1.97. The fourth-order valence-electron chi connectivity index (χ4n) is 4.28. The highest BCUT2D eigenvalue weighted by Gasteiger charge is 2.34. The molecule has 0 heterocycles. The van der Waals surface area contributed by atoms with Crippen molar-refractivity contribution in [3.05, 3.63) is 94.0 Å². The van der Waals surface area contributed by atoms with E-state index >= 15 is 0 Å². The van der Waals surface area contributed by atoms with E-state index in [2.05, 4.69) is 5.32 Å². The Morgan fingerprint density at radius 3 is 2.15 bits per heavy atom. The Kier molecular flexibility index (Phi) is 11.0. The minimum atomic E-state index is -4.20. The second-order valence-electron chi connectivity index (χ2n) is 10.0. The van der Waals surface area contributed by atoms with Crippen molar-refractivity contribution in [2.24, 2.45) is 5.92 Å². The van der Waals surface area contributed by atoms with Gasteiger partial charge in [-0.25, -0.2) is 8.42 Å². The Bertz CT molecular complexity index is 1410. The smallest absolute Gasteiger partial charge is 0.264 e. The zero-order valence-corrected chi connectivity index (χ0v) is 25.4. The fourth-order valence-corrected chi connectivity index (χ4v) is 6.21. The third-order valence-electron chi connectivity index (χ3n) is 6.25. The molecule has 0 radical (unpaired) electrons. The molecule has 3 aromatic carbocycles. The Morgan fingerprint density at radius 1 is 0.925 bits per heavy atom. The molecular formula is C30H35Cl2N3O4S. The Balaban J connectivity index is 2.07. The van der Waals surface area contributed by atoms with E-state index in [1.165, 1.54) is 35.2 Å². The topological polar surface area (TPSA) is 86.8 Å². The van der Waals surface area contributed by atoms with Crippen LogP contribution < -0.4 is 9.62 Å². The number of anilines is 1. The third kappa shape index (κ3) is 8.22. The molecule has 0 saturated heterocycles. The van der Waals surface area contributed by atoms with E-state index in [0.29, 0.717) is 13.0 Å². The second-order valence-corrected chi connectivity index (χ2v) is 12.8. The summed E-state index contributed by atoms with van der Waals surface area (Å²) in [5, 5.41) is 3.37.